The first kappa shape index (κ1) is 12.7. The second kappa shape index (κ2) is 4.65. The van der Waals surface area contributed by atoms with E-state index in [1.54, 1.807) is 43.3 Å². The van der Waals surface area contributed by atoms with Crippen molar-refractivity contribution >= 4 is 28.5 Å². The summed E-state index contributed by atoms with van der Waals surface area (Å²) in [4.78, 5) is 26.1. The van der Waals surface area contributed by atoms with Crippen LogP contribution < -0.4 is 5.76 Å². The number of fused-ring (bicyclic) bond motifs is 1. The number of halogens is 1. The van der Waals surface area contributed by atoms with Gasteiger partial charge >= 0.3 is 5.76 Å². The van der Waals surface area contributed by atoms with Crippen LogP contribution in [-0.4, -0.2) is 10.8 Å². The fraction of sp³-hybridized carbons (Fsp3) is 0.0667. The number of rotatable bonds is 2. The molecule has 0 spiro atoms. The predicted octanol–water partition coefficient (Wildman–Crippen LogP) is 3.31. The monoisotopic (exact) mass is 287 g/mol. The van der Waals surface area contributed by atoms with Crippen LogP contribution in [0.5, 0.6) is 0 Å². The van der Waals surface area contributed by atoms with E-state index in [2.05, 4.69) is 4.98 Å². The molecule has 3 rings (SSSR count). The van der Waals surface area contributed by atoms with E-state index < -0.39 is 5.76 Å². The van der Waals surface area contributed by atoms with Gasteiger partial charge < -0.3 is 4.42 Å². The second-order valence-electron chi connectivity index (χ2n) is 4.47. The van der Waals surface area contributed by atoms with Crippen LogP contribution in [0.4, 0.5) is 0 Å². The number of oxazole rings is 1. The van der Waals surface area contributed by atoms with Gasteiger partial charge in [0.25, 0.3) is 0 Å². The van der Waals surface area contributed by atoms with Crippen molar-refractivity contribution < 1.29 is 9.21 Å². The van der Waals surface area contributed by atoms with E-state index in [0.717, 1.165) is 5.56 Å². The van der Waals surface area contributed by atoms with Crippen LogP contribution in [0.15, 0.2) is 45.6 Å². The minimum Gasteiger partial charge on any atom is -0.408 e. The van der Waals surface area contributed by atoms with Crippen molar-refractivity contribution in [2.45, 2.75) is 6.92 Å². The Morgan fingerprint density at radius 1 is 1.25 bits per heavy atom. The zero-order valence-electron chi connectivity index (χ0n) is 10.6. The molecule has 0 saturated carbocycles. The number of carbonyl (C=O) groups excluding carboxylic acids is 1. The lowest BCUT2D eigenvalue weighted by molar-refractivity contribution is 0.103. The maximum absolute atomic E-state index is 12.5. The van der Waals surface area contributed by atoms with E-state index in [9.17, 15) is 9.59 Å². The summed E-state index contributed by atoms with van der Waals surface area (Å²) < 4.78 is 4.96. The number of hydrogen-bond acceptors (Lipinski definition) is 3. The molecular formula is C15H10ClNO3. The highest BCUT2D eigenvalue weighted by molar-refractivity contribution is 6.32. The van der Waals surface area contributed by atoms with E-state index in [1.807, 2.05) is 0 Å². The van der Waals surface area contributed by atoms with Crippen molar-refractivity contribution in [2.24, 2.45) is 0 Å². The second-order valence-corrected chi connectivity index (χ2v) is 4.87. The molecule has 1 N–H and O–H groups in total. The lowest BCUT2D eigenvalue weighted by Crippen LogP contribution is -2.03. The van der Waals surface area contributed by atoms with Gasteiger partial charge in [0.1, 0.15) is 0 Å². The van der Waals surface area contributed by atoms with Crippen LogP contribution in [0.25, 0.3) is 11.1 Å². The summed E-state index contributed by atoms with van der Waals surface area (Å²) in [5, 5.41) is 0.546. The molecule has 0 radical (unpaired) electrons. The summed E-state index contributed by atoms with van der Waals surface area (Å²) in [5.74, 6) is -0.695. The zero-order chi connectivity index (χ0) is 14.3. The normalized spacial score (nSPS) is 10.9. The van der Waals surface area contributed by atoms with Gasteiger partial charge in [-0.05, 0) is 36.8 Å². The van der Waals surface area contributed by atoms with Gasteiger partial charge in [-0.15, -0.1) is 0 Å². The van der Waals surface area contributed by atoms with Crippen molar-refractivity contribution in [3.05, 3.63) is 68.7 Å². The summed E-state index contributed by atoms with van der Waals surface area (Å²) in [5.41, 5.74) is 2.64. The minimum atomic E-state index is -0.538. The van der Waals surface area contributed by atoms with Gasteiger partial charge in [0.2, 0.25) is 0 Å². The molecular weight excluding hydrogens is 278 g/mol. The largest absolute Gasteiger partial charge is 0.417 e. The van der Waals surface area contributed by atoms with Crippen molar-refractivity contribution in [1.29, 1.82) is 0 Å². The Balaban J connectivity index is 2.12. The highest BCUT2D eigenvalue weighted by Crippen LogP contribution is 2.22. The van der Waals surface area contributed by atoms with E-state index in [1.165, 1.54) is 0 Å². The summed E-state index contributed by atoms with van der Waals surface area (Å²) in [6.07, 6.45) is 0. The Bertz CT molecular complexity index is 876. The molecule has 0 saturated heterocycles. The first-order chi connectivity index (χ1) is 9.56. The van der Waals surface area contributed by atoms with Crippen molar-refractivity contribution in [3.63, 3.8) is 0 Å². The number of aromatic nitrogens is 1. The van der Waals surface area contributed by atoms with Crippen molar-refractivity contribution in [1.82, 2.24) is 4.98 Å². The van der Waals surface area contributed by atoms with E-state index in [-0.39, 0.29) is 5.78 Å². The number of benzene rings is 2. The molecule has 0 bridgehead atoms. The molecule has 3 aromatic rings. The Kier molecular flexibility index (Phi) is 2.95. The zero-order valence-corrected chi connectivity index (χ0v) is 11.3. The molecule has 5 heteroatoms. The molecule has 0 atom stereocenters. The molecule has 1 aromatic heterocycles. The number of H-pyrrole nitrogens is 1. The first-order valence-corrected chi connectivity index (χ1v) is 6.37. The molecule has 1 heterocycles. The van der Waals surface area contributed by atoms with Crippen LogP contribution in [-0.2, 0) is 0 Å². The molecule has 100 valence electrons. The minimum absolute atomic E-state index is 0.157. The molecule has 0 aliphatic rings. The smallest absolute Gasteiger partial charge is 0.408 e. The Morgan fingerprint density at radius 2 is 2.05 bits per heavy atom. The molecule has 0 amide bonds. The molecule has 2 aromatic carbocycles. The summed E-state index contributed by atoms with van der Waals surface area (Å²) in [7, 11) is 0. The Labute approximate surface area is 119 Å². The average molecular weight is 288 g/mol. The number of ketones is 1. The van der Waals surface area contributed by atoms with Gasteiger partial charge in [-0.2, -0.15) is 0 Å². The van der Waals surface area contributed by atoms with Crippen LogP contribution in [0.3, 0.4) is 0 Å². The van der Waals surface area contributed by atoms with Gasteiger partial charge in [-0.25, -0.2) is 4.79 Å². The average Bonchev–Trinajstić information content (AvgIpc) is 2.80. The third kappa shape index (κ3) is 2.04. The SMILES string of the molecule is Cc1c(Cl)cccc1C(=O)c1ccc2[nH]c(=O)oc2c1. The predicted molar refractivity (Wildman–Crippen MR) is 76.5 cm³/mol. The molecule has 0 unspecified atom stereocenters. The Hall–Kier alpha value is -2.33. The van der Waals surface area contributed by atoms with Gasteiger partial charge in [-0.3, -0.25) is 9.78 Å². The molecule has 0 fully saturated rings. The van der Waals surface area contributed by atoms with Gasteiger partial charge in [0, 0.05) is 16.1 Å². The number of nitrogens with one attached hydrogen (secondary N) is 1. The Morgan fingerprint density at radius 3 is 2.85 bits per heavy atom. The van der Waals surface area contributed by atoms with Gasteiger partial charge in [-0.1, -0.05) is 23.7 Å². The topological polar surface area (TPSA) is 63.1 Å². The summed E-state index contributed by atoms with van der Waals surface area (Å²) in [6.45, 7) is 1.80. The number of hydrogen-bond donors (Lipinski definition) is 1. The molecule has 0 aliphatic heterocycles. The third-order valence-corrected chi connectivity index (χ3v) is 3.60. The number of aromatic amines is 1. The highest BCUT2D eigenvalue weighted by Gasteiger charge is 2.14. The standard InChI is InChI=1S/C15H10ClNO3/c1-8-10(3-2-4-11(8)16)14(18)9-5-6-12-13(7-9)20-15(19)17-12/h2-7H,1H3,(H,17,19). The summed E-state index contributed by atoms with van der Waals surface area (Å²) in [6, 6.07) is 10.0. The maximum Gasteiger partial charge on any atom is 0.417 e. The van der Waals surface area contributed by atoms with Gasteiger partial charge in [0.05, 0.1) is 5.52 Å². The fourth-order valence-corrected chi connectivity index (χ4v) is 2.27. The van der Waals surface area contributed by atoms with Crippen LogP contribution in [0.2, 0.25) is 5.02 Å². The van der Waals surface area contributed by atoms with Crippen LogP contribution in [0, 0.1) is 6.92 Å². The van der Waals surface area contributed by atoms with Crippen molar-refractivity contribution in [3.8, 4) is 0 Å². The van der Waals surface area contributed by atoms with Gasteiger partial charge in [0.15, 0.2) is 11.4 Å². The van der Waals surface area contributed by atoms with Crippen LogP contribution >= 0.6 is 11.6 Å². The van der Waals surface area contributed by atoms with Crippen LogP contribution in [0.1, 0.15) is 21.5 Å². The fourth-order valence-electron chi connectivity index (χ4n) is 2.10. The third-order valence-electron chi connectivity index (χ3n) is 3.20. The summed E-state index contributed by atoms with van der Waals surface area (Å²) >= 11 is 6.03. The lowest BCUT2D eigenvalue weighted by Gasteiger charge is -2.06. The maximum atomic E-state index is 12.5. The van der Waals surface area contributed by atoms with E-state index >= 15 is 0 Å². The molecule has 0 aliphatic carbocycles. The highest BCUT2D eigenvalue weighted by atomic mass is 35.5. The molecule has 20 heavy (non-hydrogen) atoms. The first-order valence-electron chi connectivity index (χ1n) is 5.99. The van der Waals surface area contributed by atoms with E-state index in [4.69, 9.17) is 16.0 Å². The molecule has 4 nitrogen and oxygen atoms in total. The van der Waals surface area contributed by atoms with Crippen molar-refractivity contribution in [2.75, 3.05) is 0 Å². The quantitative estimate of drug-likeness (QED) is 0.736. The lowest BCUT2D eigenvalue weighted by atomic mass is 9.99. The van der Waals surface area contributed by atoms with E-state index in [0.29, 0.717) is 27.2 Å². The number of carbonyl (C=O) groups is 1.